The van der Waals surface area contributed by atoms with E-state index in [0.29, 0.717) is 0 Å². The van der Waals surface area contributed by atoms with Gasteiger partial charge in [0.1, 0.15) is 5.00 Å². The summed E-state index contributed by atoms with van der Waals surface area (Å²) in [5, 5.41) is 12.7. The van der Waals surface area contributed by atoms with Crippen molar-refractivity contribution in [3.63, 3.8) is 0 Å². The molecule has 0 spiro atoms. The fraction of sp³-hybridized carbons (Fsp3) is 0. The molecule has 0 atom stereocenters. The van der Waals surface area contributed by atoms with E-state index < -0.39 is 0 Å². The number of hydrogen-bond donors (Lipinski definition) is 0. The van der Waals surface area contributed by atoms with Crippen LogP contribution in [0.4, 0.5) is 16.4 Å². The summed E-state index contributed by atoms with van der Waals surface area (Å²) in [5.74, 6) is 0. The molecular weight excluding hydrogens is 623 g/mol. The standard InChI is InChI=1S/C48H31NS/c1-3-11-36-29-38(19-17-32(36)9-1)34-21-25-40(26-22-34)49(41-27-23-35(24-28-41)39-20-18-33-10-2-4-12-37(33)30-39)47-31-46-44-15-6-5-13-42(44)43-14-7-8-16-45(43)48(46)50-47/h1-31H. The second-order valence-electron chi connectivity index (χ2n) is 13.0. The third-order valence-corrected chi connectivity index (χ3v) is 11.2. The Labute approximate surface area is 294 Å². The lowest BCUT2D eigenvalue weighted by Crippen LogP contribution is -2.08. The summed E-state index contributed by atoms with van der Waals surface area (Å²) in [6.07, 6.45) is 0. The Bertz CT molecular complexity index is 2670. The first-order valence-electron chi connectivity index (χ1n) is 17.1. The number of fused-ring (bicyclic) bond motifs is 8. The monoisotopic (exact) mass is 653 g/mol. The molecule has 0 amide bonds. The summed E-state index contributed by atoms with van der Waals surface area (Å²) in [7, 11) is 0. The molecule has 50 heavy (non-hydrogen) atoms. The van der Waals surface area contributed by atoms with Gasteiger partial charge in [0.15, 0.2) is 0 Å². The zero-order valence-electron chi connectivity index (χ0n) is 27.3. The van der Waals surface area contributed by atoms with E-state index >= 15 is 0 Å². The molecule has 1 heterocycles. The largest absolute Gasteiger partial charge is 0.302 e. The predicted molar refractivity (Wildman–Crippen MR) is 217 cm³/mol. The van der Waals surface area contributed by atoms with Crippen LogP contribution in [-0.2, 0) is 0 Å². The highest BCUT2D eigenvalue weighted by Crippen LogP contribution is 2.47. The van der Waals surface area contributed by atoms with E-state index in [4.69, 9.17) is 0 Å². The molecule has 2 heteroatoms. The van der Waals surface area contributed by atoms with Gasteiger partial charge in [-0.05, 0) is 102 Å². The maximum Gasteiger partial charge on any atom is 0.101 e. The Morgan fingerprint density at radius 3 is 1.22 bits per heavy atom. The maximum atomic E-state index is 2.42. The zero-order chi connectivity index (χ0) is 33.0. The van der Waals surface area contributed by atoms with Gasteiger partial charge in [0, 0.05) is 26.8 Å². The summed E-state index contributed by atoms with van der Waals surface area (Å²) in [4.78, 5) is 2.42. The normalized spacial score (nSPS) is 11.6. The average Bonchev–Trinajstić information content (AvgIpc) is 3.64. The van der Waals surface area contributed by atoms with Gasteiger partial charge >= 0.3 is 0 Å². The van der Waals surface area contributed by atoms with E-state index in [0.717, 1.165) is 11.4 Å². The fourth-order valence-electron chi connectivity index (χ4n) is 7.50. The van der Waals surface area contributed by atoms with E-state index in [-0.39, 0.29) is 0 Å². The number of thiophene rings is 1. The molecular formula is C48H31NS. The first-order chi connectivity index (χ1) is 24.8. The molecule has 0 aliphatic rings. The lowest BCUT2D eigenvalue weighted by Gasteiger charge is -2.24. The molecule has 234 valence electrons. The van der Waals surface area contributed by atoms with Crippen LogP contribution in [0.1, 0.15) is 0 Å². The fourth-order valence-corrected chi connectivity index (χ4v) is 8.76. The van der Waals surface area contributed by atoms with Crippen LogP contribution < -0.4 is 4.90 Å². The third-order valence-electron chi connectivity index (χ3n) is 10.0. The lowest BCUT2D eigenvalue weighted by atomic mass is 9.99. The molecule has 10 aromatic rings. The Balaban J connectivity index is 1.12. The number of hydrogen-bond acceptors (Lipinski definition) is 2. The second-order valence-corrected chi connectivity index (χ2v) is 14.0. The van der Waals surface area contributed by atoms with Gasteiger partial charge < -0.3 is 4.90 Å². The molecule has 10 rings (SSSR count). The topological polar surface area (TPSA) is 3.24 Å². The van der Waals surface area contributed by atoms with Crippen LogP contribution >= 0.6 is 11.3 Å². The summed E-state index contributed by atoms with van der Waals surface area (Å²) < 4.78 is 1.32. The summed E-state index contributed by atoms with van der Waals surface area (Å²) in [5.41, 5.74) is 7.13. The molecule has 0 unspecified atom stereocenters. The van der Waals surface area contributed by atoms with Crippen molar-refractivity contribution in [2.45, 2.75) is 0 Å². The number of rotatable bonds is 5. The Hall–Kier alpha value is -6.22. The molecule has 0 bridgehead atoms. The van der Waals surface area contributed by atoms with Gasteiger partial charge in [0.2, 0.25) is 0 Å². The van der Waals surface area contributed by atoms with Crippen LogP contribution in [0, 0.1) is 0 Å². The number of nitrogens with zero attached hydrogens (tertiary/aromatic N) is 1. The first-order valence-corrected chi connectivity index (χ1v) is 17.9. The Morgan fingerprint density at radius 2 is 0.700 bits per heavy atom. The average molecular weight is 654 g/mol. The van der Waals surface area contributed by atoms with Crippen molar-refractivity contribution < 1.29 is 0 Å². The minimum Gasteiger partial charge on any atom is -0.302 e. The van der Waals surface area contributed by atoms with Crippen molar-refractivity contribution in [1.82, 2.24) is 0 Å². The van der Waals surface area contributed by atoms with E-state index in [9.17, 15) is 0 Å². The summed E-state index contributed by atoms with van der Waals surface area (Å²) in [6.45, 7) is 0. The molecule has 0 aliphatic carbocycles. The minimum atomic E-state index is 1.13. The predicted octanol–water partition coefficient (Wildman–Crippen LogP) is 14.3. The van der Waals surface area contributed by atoms with Crippen molar-refractivity contribution in [3.8, 4) is 22.3 Å². The molecule has 0 saturated heterocycles. The van der Waals surface area contributed by atoms with Crippen LogP contribution in [0.3, 0.4) is 0 Å². The highest BCUT2D eigenvalue weighted by Gasteiger charge is 2.19. The van der Waals surface area contributed by atoms with E-state index in [1.807, 2.05) is 11.3 Å². The highest BCUT2D eigenvalue weighted by atomic mass is 32.1. The van der Waals surface area contributed by atoms with Crippen molar-refractivity contribution in [3.05, 3.63) is 188 Å². The van der Waals surface area contributed by atoms with Gasteiger partial charge in [-0.3, -0.25) is 0 Å². The molecule has 0 aliphatic heterocycles. The lowest BCUT2D eigenvalue weighted by molar-refractivity contribution is 1.32. The highest BCUT2D eigenvalue weighted by molar-refractivity contribution is 7.24. The van der Waals surface area contributed by atoms with E-state index in [1.165, 1.54) is 80.4 Å². The summed E-state index contributed by atoms with van der Waals surface area (Å²) in [6, 6.07) is 68.7. The van der Waals surface area contributed by atoms with Gasteiger partial charge in [-0.1, -0.05) is 146 Å². The Morgan fingerprint density at radius 1 is 0.300 bits per heavy atom. The summed E-state index contributed by atoms with van der Waals surface area (Å²) >= 11 is 1.87. The van der Waals surface area contributed by atoms with Gasteiger partial charge in [-0.25, -0.2) is 0 Å². The smallest absolute Gasteiger partial charge is 0.101 e. The maximum absolute atomic E-state index is 2.42. The zero-order valence-corrected chi connectivity index (χ0v) is 28.1. The first kappa shape index (κ1) is 28.8. The van der Waals surface area contributed by atoms with E-state index in [1.54, 1.807) is 0 Å². The van der Waals surface area contributed by atoms with Gasteiger partial charge in [-0.2, -0.15) is 0 Å². The van der Waals surface area contributed by atoms with Crippen LogP contribution in [-0.4, -0.2) is 0 Å². The minimum absolute atomic E-state index is 1.13. The molecule has 1 aromatic heterocycles. The van der Waals surface area contributed by atoms with Crippen molar-refractivity contribution in [1.29, 1.82) is 0 Å². The SMILES string of the molecule is c1ccc2cc(-c3ccc(N(c4ccc(-c5ccc6ccccc6c5)cc4)c4cc5c6ccccc6c6ccccc6c5s4)cc3)ccc2c1. The van der Waals surface area contributed by atoms with Crippen LogP contribution in [0.15, 0.2) is 188 Å². The Kier molecular flexibility index (Phi) is 6.75. The molecule has 0 fully saturated rings. The third kappa shape index (κ3) is 4.84. The molecule has 0 radical (unpaired) electrons. The molecule has 0 N–H and O–H groups in total. The number of anilines is 3. The quantitative estimate of drug-likeness (QED) is 0.167. The molecule has 0 saturated carbocycles. The van der Waals surface area contributed by atoms with Crippen LogP contribution in [0.25, 0.3) is 75.4 Å². The number of benzene rings is 9. The van der Waals surface area contributed by atoms with Gasteiger partial charge in [0.05, 0.1) is 0 Å². The van der Waals surface area contributed by atoms with Crippen LogP contribution in [0.5, 0.6) is 0 Å². The molecule has 1 nitrogen and oxygen atoms in total. The molecule has 9 aromatic carbocycles. The van der Waals surface area contributed by atoms with Crippen molar-refractivity contribution in [2.75, 3.05) is 4.90 Å². The van der Waals surface area contributed by atoms with Crippen LogP contribution in [0.2, 0.25) is 0 Å². The van der Waals surface area contributed by atoms with Gasteiger partial charge in [-0.15, -0.1) is 11.3 Å². The van der Waals surface area contributed by atoms with Gasteiger partial charge in [0.25, 0.3) is 0 Å². The van der Waals surface area contributed by atoms with E-state index in [2.05, 4.69) is 193 Å². The van der Waals surface area contributed by atoms with Crippen molar-refractivity contribution >= 4 is 80.9 Å². The second kappa shape index (κ2) is 11.7. The van der Waals surface area contributed by atoms with Crippen molar-refractivity contribution in [2.24, 2.45) is 0 Å².